The normalized spacial score (nSPS) is 18.3. The number of aliphatic hydroxyl groups excluding tert-OH is 1. The van der Waals surface area contributed by atoms with Gasteiger partial charge in [-0.2, -0.15) is 0 Å². The summed E-state index contributed by atoms with van der Waals surface area (Å²) in [7, 11) is 0. The minimum absolute atomic E-state index is 0.0117. The van der Waals surface area contributed by atoms with E-state index in [0.717, 1.165) is 12.5 Å². The molecule has 0 aromatic heterocycles. The Labute approximate surface area is 124 Å². The molecule has 2 atom stereocenters. The highest BCUT2D eigenvalue weighted by molar-refractivity contribution is 9.10. The molecule has 104 valence electrons. The van der Waals surface area contributed by atoms with E-state index in [2.05, 4.69) is 28.1 Å². The first-order chi connectivity index (χ1) is 9.58. The predicted octanol–water partition coefficient (Wildman–Crippen LogP) is 4.49. The van der Waals surface area contributed by atoms with Crippen molar-refractivity contribution in [2.24, 2.45) is 0 Å². The maximum absolute atomic E-state index is 13.5. The van der Waals surface area contributed by atoms with Crippen LogP contribution in [0, 0.1) is 11.6 Å². The lowest BCUT2D eigenvalue weighted by Gasteiger charge is -2.32. The second kappa shape index (κ2) is 5.26. The summed E-state index contributed by atoms with van der Waals surface area (Å²) in [5, 5.41) is 10.3. The Morgan fingerprint density at radius 3 is 2.70 bits per heavy atom. The molecule has 1 aliphatic rings. The SMILES string of the molecule is OC(CC1Cc2ccccc21)c1ccc(F)c(F)c1Br. The van der Waals surface area contributed by atoms with Crippen molar-refractivity contribution in [1.29, 1.82) is 0 Å². The van der Waals surface area contributed by atoms with E-state index >= 15 is 0 Å². The highest BCUT2D eigenvalue weighted by atomic mass is 79.9. The monoisotopic (exact) mass is 338 g/mol. The summed E-state index contributed by atoms with van der Waals surface area (Å²) in [4.78, 5) is 0. The second-order valence-electron chi connectivity index (χ2n) is 5.12. The van der Waals surface area contributed by atoms with Crippen LogP contribution in [-0.4, -0.2) is 5.11 Å². The zero-order valence-corrected chi connectivity index (χ0v) is 12.2. The van der Waals surface area contributed by atoms with Crippen LogP contribution in [0.2, 0.25) is 0 Å². The van der Waals surface area contributed by atoms with Gasteiger partial charge in [-0.3, -0.25) is 0 Å². The molecule has 1 N–H and O–H groups in total. The highest BCUT2D eigenvalue weighted by Gasteiger charge is 2.29. The fourth-order valence-corrected chi connectivity index (χ4v) is 3.35. The molecular formula is C16H13BrF2O. The Kier molecular flexibility index (Phi) is 3.61. The van der Waals surface area contributed by atoms with E-state index in [4.69, 9.17) is 0 Å². The number of hydrogen-bond acceptors (Lipinski definition) is 1. The van der Waals surface area contributed by atoms with Gasteiger partial charge in [0.15, 0.2) is 11.6 Å². The molecule has 0 heterocycles. The van der Waals surface area contributed by atoms with Crippen molar-refractivity contribution in [3.8, 4) is 0 Å². The molecule has 0 radical (unpaired) electrons. The summed E-state index contributed by atoms with van der Waals surface area (Å²) in [6.07, 6.45) is 0.632. The topological polar surface area (TPSA) is 20.2 Å². The fourth-order valence-electron chi connectivity index (χ4n) is 2.77. The summed E-state index contributed by atoms with van der Waals surface area (Å²) < 4.78 is 26.6. The van der Waals surface area contributed by atoms with Crippen LogP contribution in [0.3, 0.4) is 0 Å². The molecule has 0 aliphatic heterocycles. The number of halogens is 3. The van der Waals surface area contributed by atoms with Crippen molar-refractivity contribution in [2.45, 2.75) is 24.9 Å². The van der Waals surface area contributed by atoms with E-state index in [1.54, 1.807) is 0 Å². The van der Waals surface area contributed by atoms with Crippen molar-refractivity contribution >= 4 is 15.9 Å². The number of rotatable bonds is 3. The van der Waals surface area contributed by atoms with Gasteiger partial charge in [-0.1, -0.05) is 30.3 Å². The molecule has 1 aliphatic carbocycles. The van der Waals surface area contributed by atoms with Gasteiger partial charge in [0.2, 0.25) is 0 Å². The van der Waals surface area contributed by atoms with Gasteiger partial charge in [0.25, 0.3) is 0 Å². The van der Waals surface area contributed by atoms with Crippen LogP contribution in [0.1, 0.15) is 35.1 Å². The van der Waals surface area contributed by atoms with E-state index in [0.29, 0.717) is 12.0 Å². The first-order valence-corrected chi connectivity index (χ1v) is 7.26. The van der Waals surface area contributed by atoms with E-state index in [1.165, 1.54) is 17.2 Å². The van der Waals surface area contributed by atoms with E-state index in [1.807, 2.05) is 12.1 Å². The van der Waals surface area contributed by atoms with Crippen LogP contribution in [0.4, 0.5) is 8.78 Å². The molecular weight excluding hydrogens is 326 g/mol. The van der Waals surface area contributed by atoms with Gasteiger partial charge in [0, 0.05) is 0 Å². The van der Waals surface area contributed by atoms with Gasteiger partial charge in [0.05, 0.1) is 10.6 Å². The zero-order valence-electron chi connectivity index (χ0n) is 10.6. The summed E-state index contributed by atoms with van der Waals surface area (Å²) in [6, 6.07) is 10.6. The molecule has 2 aromatic rings. The van der Waals surface area contributed by atoms with E-state index < -0.39 is 17.7 Å². The van der Waals surface area contributed by atoms with Crippen molar-refractivity contribution in [3.05, 3.63) is 69.2 Å². The third-order valence-electron chi connectivity index (χ3n) is 3.89. The number of hydrogen-bond donors (Lipinski definition) is 1. The molecule has 0 bridgehead atoms. The molecule has 20 heavy (non-hydrogen) atoms. The smallest absolute Gasteiger partial charge is 0.173 e. The van der Waals surface area contributed by atoms with Gasteiger partial charge < -0.3 is 5.11 Å². The third-order valence-corrected chi connectivity index (χ3v) is 4.70. The lowest BCUT2D eigenvalue weighted by atomic mass is 9.74. The van der Waals surface area contributed by atoms with E-state index in [9.17, 15) is 13.9 Å². The first-order valence-electron chi connectivity index (χ1n) is 6.47. The number of benzene rings is 2. The lowest BCUT2D eigenvalue weighted by Crippen LogP contribution is -2.19. The molecule has 0 saturated heterocycles. The lowest BCUT2D eigenvalue weighted by molar-refractivity contribution is 0.152. The minimum atomic E-state index is -0.949. The number of aliphatic hydroxyl groups is 1. The van der Waals surface area contributed by atoms with Crippen LogP contribution >= 0.6 is 15.9 Å². The average Bonchev–Trinajstić information content (AvgIpc) is 2.42. The maximum Gasteiger partial charge on any atom is 0.173 e. The zero-order chi connectivity index (χ0) is 14.3. The van der Waals surface area contributed by atoms with Gasteiger partial charge >= 0.3 is 0 Å². The van der Waals surface area contributed by atoms with Gasteiger partial charge in [-0.25, -0.2) is 8.78 Å². The predicted molar refractivity (Wildman–Crippen MR) is 76.5 cm³/mol. The van der Waals surface area contributed by atoms with Crippen LogP contribution < -0.4 is 0 Å². The summed E-state index contributed by atoms with van der Waals surface area (Å²) in [6.45, 7) is 0. The minimum Gasteiger partial charge on any atom is -0.388 e. The van der Waals surface area contributed by atoms with Crippen LogP contribution in [0.5, 0.6) is 0 Å². The van der Waals surface area contributed by atoms with E-state index in [-0.39, 0.29) is 10.4 Å². The molecule has 0 fully saturated rings. The van der Waals surface area contributed by atoms with Gasteiger partial charge in [-0.15, -0.1) is 0 Å². The molecule has 1 nitrogen and oxygen atoms in total. The molecule has 0 spiro atoms. The van der Waals surface area contributed by atoms with Crippen LogP contribution in [-0.2, 0) is 6.42 Å². The first kappa shape index (κ1) is 13.7. The van der Waals surface area contributed by atoms with Crippen LogP contribution in [0.25, 0.3) is 0 Å². The summed E-state index contributed by atoms with van der Waals surface area (Å²) in [5.74, 6) is -1.58. The van der Waals surface area contributed by atoms with Gasteiger partial charge in [0.1, 0.15) is 0 Å². The van der Waals surface area contributed by atoms with Crippen molar-refractivity contribution in [1.82, 2.24) is 0 Å². The van der Waals surface area contributed by atoms with Gasteiger partial charge in [-0.05, 0) is 57.4 Å². The summed E-state index contributed by atoms with van der Waals surface area (Å²) >= 11 is 3.02. The van der Waals surface area contributed by atoms with Crippen LogP contribution in [0.15, 0.2) is 40.9 Å². The maximum atomic E-state index is 13.5. The molecule has 4 heteroatoms. The Morgan fingerprint density at radius 2 is 1.95 bits per heavy atom. The largest absolute Gasteiger partial charge is 0.388 e. The molecule has 3 rings (SSSR count). The molecule has 2 aromatic carbocycles. The molecule has 2 unspecified atom stereocenters. The summed E-state index contributed by atoms with van der Waals surface area (Å²) in [5.41, 5.74) is 2.94. The Balaban J connectivity index is 1.79. The third kappa shape index (κ3) is 2.27. The van der Waals surface area contributed by atoms with Crippen molar-refractivity contribution in [2.75, 3.05) is 0 Å². The molecule has 0 amide bonds. The average molecular weight is 339 g/mol. The Morgan fingerprint density at radius 1 is 1.20 bits per heavy atom. The molecule has 0 saturated carbocycles. The second-order valence-corrected chi connectivity index (χ2v) is 5.91. The standard InChI is InChI=1S/C16H13BrF2O/c17-15-12(5-6-13(18)16(15)19)14(20)8-10-7-9-3-1-2-4-11(9)10/h1-6,10,14,20H,7-8H2. The quantitative estimate of drug-likeness (QED) is 0.817. The Bertz CT molecular complexity index is 657. The van der Waals surface area contributed by atoms with Crippen molar-refractivity contribution in [3.63, 3.8) is 0 Å². The fraction of sp³-hybridized carbons (Fsp3) is 0.250. The highest BCUT2D eigenvalue weighted by Crippen LogP contribution is 2.42. The van der Waals surface area contributed by atoms with Crippen molar-refractivity contribution < 1.29 is 13.9 Å². The number of fused-ring (bicyclic) bond motifs is 1. The Hall–Kier alpha value is -1.26.